The highest BCUT2D eigenvalue weighted by atomic mass is 79.9. The molecule has 1 fully saturated rings. The fourth-order valence-electron chi connectivity index (χ4n) is 2.11. The highest BCUT2D eigenvalue weighted by Crippen LogP contribution is 2.35. The van der Waals surface area contributed by atoms with E-state index in [4.69, 9.17) is 4.74 Å². The number of halogens is 2. The van der Waals surface area contributed by atoms with Gasteiger partial charge in [0.25, 0.3) is 0 Å². The number of piperidine rings is 1. The quantitative estimate of drug-likeness (QED) is 0.775. The standard InChI is InChI=1S/C12H16Br2N2O3S/c1-19-12-7-11(9(13)6-10(12)14)16-20(17,18)8-2-4-15-5-3-8/h6-8,15-16H,2-5H2,1H3. The Morgan fingerprint density at radius 2 is 1.90 bits per heavy atom. The number of rotatable bonds is 4. The van der Waals surface area contributed by atoms with Gasteiger partial charge in [-0.3, -0.25) is 4.72 Å². The number of anilines is 1. The second-order valence-corrected chi connectivity index (χ2v) is 8.23. The van der Waals surface area contributed by atoms with E-state index in [1.165, 1.54) is 0 Å². The van der Waals surface area contributed by atoms with E-state index >= 15 is 0 Å². The van der Waals surface area contributed by atoms with Gasteiger partial charge in [0.05, 0.1) is 22.5 Å². The first-order valence-electron chi connectivity index (χ1n) is 6.19. The van der Waals surface area contributed by atoms with Crippen LogP contribution in [0.1, 0.15) is 12.8 Å². The third-order valence-electron chi connectivity index (χ3n) is 3.22. The number of benzene rings is 1. The van der Waals surface area contributed by atoms with E-state index in [0.717, 1.165) is 17.6 Å². The first kappa shape index (κ1) is 16.1. The van der Waals surface area contributed by atoms with Crippen LogP contribution in [0.4, 0.5) is 5.69 Å². The van der Waals surface area contributed by atoms with Crippen molar-refractivity contribution in [2.75, 3.05) is 24.9 Å². The first-order chi connectivity index (χ1) is 9.44. The Bertz CT molecular complexity index is 587. The fraction of sp³-hybridized carbons (Fsp3) is 0.500. The van der Waals surface area contributed by atoms with E-state index < -0.39 is 10.0 Å². The second kappa shape index (κ2) is 6.64. The summed E-state index contributed by atoms with van der Waals surface area (Å²) < 4.78 is 34.0. The lowest BCUT2D eigenvalue weighted by Crippen LogP contribution is -2.38. The Hall–Kier alpha value is -0.310. The van der Waals surface area contributed by atoms with Crippen LogP contribution in [0.25, 0.3) is 0 Å². The van der Waals surface area contributed by atoms with Gasteiger partial charge < -0.3 is 10.1 Å². The summed E-state index contributed by atoms with van der Waals surface area (Å²) in [4.78, 5) is 0. The highest BCUT2D eigenvalue weighted by Gasteiger charge is 2.27. The summed E-state index contributed by atoms with van der Waals surface area (Å²) in [5, 5.41) is 2.80. The lowest BCUT2D eigenvalue weighted by Gasteiger charge is -2.23. The van der Waals surface area contributed by atoms with Crippen LogP contribution in [0.3, 0.4) is 0 Å². The zero-order valence-corrected chi connectivity index (χ0v) is 14.9. The summed E-state index contributed by atoms with van der Waals surface area (Å²) in [5.41, 5.74) is 0.489. The van der Waals surface area contributed by atoms with Crippen LogP contribution in [-0.2, 0) is 10.0 Å². The monoisotopic (exact) mass is 426 g/mol. The van der Waals surface area contributed by atoms with Crippen LogP contribution in [0.2, 0.25) is 0 Å². The lowest BCUT2D eigenvalue weighted by molar-refractivity contribution is 0.412. The SMILES string of the molecule is COc1cc(NS(=O)(=O)C2CCNCC2)c(Br)cc1Br. The zero-order chi connectivity index (χ0) is 14.8. The van der Waals surface area contributed by atoms with E-state index in [1.807, 2.05) is 0 Å². The highest BCUT2D eigenvalue weighted by molar-refractivity contribution is 9.11. The van der Waals surface area contributed by atoms with Gasteiger partial charge in [0.15, 0.2) is 0 Å². The third-order valence-corrected chi connectivity index (χ3v) is 6.35. The average Bonchev–Trinajstić information content (AvgIpc) is 2.43. The largest absolute Gasteiger partial charge is 0.495 e. The summed E-state index contributed by atoms with van der Waals surface area (Å²) in [6, 6.07) is 3.42. The Kier molecular flexibility index (Phi) is 5.33. The topological polar surface area (TPSA) is 67.4 Å². The van der Waals surface area contributed by atoms with E-state index in [0.29, 0.717) is 28.8 Å². The summed E-state index contributed by atoms with van der Waals surface area (Å²) in [6.07, 6.45) is 1.25. The van der Waals surface area contributed by atoms with Crippen molar-refractivity contribution in [3.05, 3.63) is 21.1 Å². The summed E-state index contributed by atoms with van der Waals surface area (Å²) >= 11 is 6.72. The van der Waals surface area contributed by atoms with Crippen LogP contribution >= 0.6 is 31.9 Å². The van der Waals surface area contributed by atoms with Gasteiger partial charge >= 0.3 is 0 Å². The van der Waals surface area contributed by atoms with Gasteiger partial charge in [0.1, 0.15) is 5.75 Å². The molecule has 20 heavy (non-hydrogen) atoms. The molecular weight excluding hydrogens is 412 g/mol. The summed E-state index contributed by atoms with van der Waals surface area (Å²) in [6.45, 7) is 1.47. The van der Waals surface area contributed by atoms with Crippen molar-refractivity contribution >= 4 is 47.6 Å². The van der Waals surface area contributed by atoms with Gasteiger partial charge in [-0.1, -0.05) is 0 Å². The Morgan fingerprint density at radius 1 is 1.25 bits per heavy atom. The maximum Gasteiger partial charge on any atom is 0.235 e. The minimum atomic E-state index is -3.39. The molecule has 0 unspecified atom stereocenters. The maximum atomic E-state index is 12.4. The van der Waals surface area contributed by atoms with Crippen molar-refractivity contribution in [3.8, 4) is 5.75 Å². The van der Waals surface area contributed by atoms with Crippen LogP contribution in [-0.4, -0.2) is 33.9 Å². The fourth-order valence-corrected chi connectivity index (χ4v) is 4.99. The molecule has 1 saturated heterocycles. The van der Waals surface area contributed by atoms with Crippen molar-refractivity contribution < 1.29 is 13.2 Å². The average molecular weight is 428 g/mol. The van der Waals surface area contributed by atoms with Crippen LogP contribution in [0, 0.1) is 0 Å². The second-order valence-electron chi connectivity index (χ2n) is 4.56. The lowest BCUT2D eigenvalue weighted by atomic mass is 10.2. The molecule has 1 aliphatic rings. The van der Waals surface area contributed by atoms with E-state index in [2.05, 4.69) is 41.9 Å². The first-order valence-corrected chi connectivity index (χ1v) is 9.32. The Morgan fingerprint density at radius 3 is 2.50 bits per heavy atom. The minimum absolute atomic E-state index is 0.356. The molecule has 2 rings (SSSR count). The summed E-state index contributed by atoms with van der Waals surface area (Å²) in [5.74, 6) is 0.580. The van der Waals surface area contributed by atoms with Gasteiger partial charge in [-0.2, -0.15) is 0 Å². The van der Waals surface area contributed by atoms with Crippen LogP contribution in [0.15, 0.2) is 21.1 Å². The number of ether oxygens (including phenoxy) is 1. The molecule has 1 aromatic rings. The number of hydrogen-bond donors (Lipinski definition) is 2. The van der Waals surface area contributed by atoms with Crippen molar-refractivity contribution in [1.82, 2.24) is 5.32 Å². The van der Waals surface area contributed by atoms with Gasteiger partial charge in [0, 0.05) is 10.5 Å². The van der Waals surface area contributed by atoms with Gasteiger partial charge in [0.2, 0.25) is 10.0 Å². The number of sulfonamides is 1. The molecule has 5 nitrogen and oxygen atoms in total. The van der Waals surface area contributed by atoms with Crippen molar-refractivity contribution in [3.63, 3.8) is 0 Å². The summed E-state index contributed by atoms with van der Waals surface area (Å²) in [7, 11) is -1.85. The van der Waals surface area contributed by atoms with E-state index in [9.17, 15) is 8.42 Å². The molecule has 0 aliphatic carbocycles. The van der Waals surface area contributed by atoms with Crippen molar-refractivity contribution in [2.24, 2.45) is 0 Å². The molecule has 0 spiro atoms. The number of hydrogen-bond acceptors (Lipinski definition) is 4. The van der Waals surface area contributed by atoms with E-state index in [1.54, 1.807) is 19.2 Å². The molecule has 0 radical (unpaired) electrons. The van der Waals surface area contributed by atoms with Crippen molar-refractivity contribution in [2.45, 2.75) is 18.1 Å². The number of nitrogens with one attached hydrogen (secondary N) is 2. The predicted molar refractivity (Wildman–Crippen MR) is 86.8 cm³/mol. The molecule has 0 saturated carbocycles. The Labute approximate surface area is 135 Å². The molecular formula is C12H16Br2N2O3S. The van der Waals surface area contributed by atoms with Gasteiger partial charge in [-0.25, -0.2) is 8.42 Å². The van der Waals surface area contributed by atoms with Crippen LogP contribution < -0.4 is 14.8 Å². The minimum Gasteiger partial charge on any atom is -0.495 e. The third kappa shape index (κ3) is 3.66. The molecule has 112 valence electrons. The molecule has 1 aliphatic heterocycles. The van der Waals surface area contributed by atoms with Crippen molar-refractivity contribution in [1.29, 1.82) is 0 Å². The molecule has 1 heterocycles. The van der Waals surface area contributed by atoms with Gasteiger partial charge in [-0.15, -0.1) is 0 Å². The van der Waals surface area contributed by atoms with Crippen LogP contribution in [0.5, 0.6) is 5.75 Å². The molecule has 0 aromatic heterocycles. The molecule has 8 heteroatoms. The maximum absolute atomic E-state index is 12.4. The molecule has 0 bridgehead atoms. The molecule has 0 amide bonds. The Balaban J connectivity index is 2.24. The predicted octanol–water partition coefficient (Wildman–Crippen LogP) is 2.71. The molecule has 0 atom stereocenters. The molecule has 2 N–H and O–H groups in total. The number of methoxy groups -OCH3 is 1. The molecule has 1 aromatic carbocycles. The zero-order valence-electron chi connectivity index (χ0n) is 10.9. The van der Waals surface area contributed by atoms with E-state index in [-0.39, 0.29) is 5.25 Å². The normalized spacial score (nSPS) is 16.9. The van der Waals surface area contributed by atoms with Gasteiger partial charge in [-0.05, 0) is 63.9 Å². The smallest absolute Gasteiger partial charge is 0.235 e.